The number of amides is 1. The molecule has 84 valence electrons. The molecule has 0 saturated heterocycles. The van der Waals surface area contributed by atoms with Crippen molar-refractivity contribution in [2.45, 2.75) is 18.1 Å². The maximum absolute atomic E-state index is 11.1. The van der Waals surface area contributed by atoms with Crippen molar-refractivity contribution in [2.75, 3.05) is 11.5 Å². The summed E-state index contributed by atoms with van der Waals surface area (Å²) in [6.07, 6.45) is 0. The number of aryl methyl sites for hydroxylation is 1. The van der Waals surface area contributed by atoms with Gasteiger partial charge in [0.1, 0.15) is 0 Å². The minimum atomic E-state index is -0.155. The molecule has 1 atom stereocenters. The maximum atomic E-state index is 11.1. The van der Waals surface area contributed by atoms with Crippen LogP contribution in [0.1, 0.15) is 12.6 Å². The van der Waals surface area contributed by atoms with Gasteiger partial charge in [-0.2, -0.15) is 0 Å². The van der Waals surface area contributed by atoms with Gasteiger partial charge in [0.2, 0.25) is 5.91 Å². The Labute approximate surface area is 96.6 Å². The predicted molar refractivity (Wildman–Crippen MR) is 63.5 cm³/mol. The van der Waals surface area contributed by atoms with Crippen molar-refractivity contribution in [2.24, 2.45) is 11.8 Å². The molecule has 7 heteroatoms. The largest absolute Gasteiger partial charge is 0.375 e. The summed E-state index contributed by atoms with van der Waals surface area (Å²) in [5.74, 6) is 5.43. The van der Waals surface area contributed by atoms with Crippen LogP contribution in [0.3, 0.4) is 0 Å². The number of nitrogens with two attached hydrogens (primary N) is 2. The summed E-state index contributed by atoms with van der Waals surface area (Å²) < 4.78 is 1.06. The molecule has 0 aliphatic rings. The van der Waals surface area contributed by atoms with Gasteiger partial charge < -0.3 is 5.73 Å². The quantitative estimate of drug-likeness (QED) is 0.315. The molecule has 1 rings (SSSR count). The Hall–Kier alpha value is -0.790. The highest BCUT2D eigenvalue weighted by Crippen LogP contribution is 2.31. The summed E-state index contributed by atoms with van der Waals surface area (Å²) in [5.41, 5.74) is 8.62. The van der Waals surface area contributed by atoms with E-state index in [0.717, 1.165) is 9.90 Å². The van der Waals surface area contributed by atoms with E-state index in [-0.39, 0.29) is 11.8 Å². The van der Waals surface area contributed by atoms with Crippen LogP contribution in [0.2, 0.25) is 0 Å². The van der Waals surface area contributed by atoms with Crippen LogP contribution in [-0.2, 0) is 4.79 Å². The molecule has 0 bridgehead atoms. The van der Waals surface area contributed by atoms with Crippen LogP contribution in [0.5, 0.6) is 0 Å². The molecule has 1 amide bonds. The zero-order valence-electron chi connectivity index (χ0n) is 8.61. The molecule has 0 saturated carbocycles. The molecule has 1 unspecified atom stereocenters. The Kier molecular flexibility index (Phi) is 4.37. The minimum Gasteiger partial charge on any atom is -0.375 e. The van der Waals surface area contributed by atoms with E-state index in [1.54, 1.807) is 11.8 Å². The lowest BCUT2D eigenvalue weighted by Gasteiger charge is -2.07. The lowest BCUT2D eigenvalue weighted by molar-refractivity contribution is -0.123. The Balaban J connectivity index is 2.50. The molecule has 0 aliphatic carbocycles. The number of thioether (sulfide) groups is 1. The second-order valence-corrected chi connectivity index (χ2v) is 5.46. The first kappa shape index (κ1) is 12.3. The Morgan fingerprint density at radius 2 is 2.40 bits per heavy atom. The number of hydrogen-bond donors (Lipinski definition) is 3. The molecule has 0 spiro atoms. The van der Waals surface area contributed by atoms with E-state index in [4.69, 9.17) is 11.6 Å². The number of nitrogen functional groups attached to an aromatic ring is 1. The first-order valence-electron chi connectivity index (χ1n) is 4.40. The third-order valence-electron chi connectivity index (χ3n) is 1.82. The standard InChI is InChI=1S/C8H14N4OS2/c1-4(6(13)12-10)3-14-7-5(2)11-8(9)15-7/h4H,3,10H2,1-2H3,(H2,9,11)(H,12,13). The minimum absolute atomic E-state index is 0.122. The first-order valence-corrected chi connectivity index (χ1v) is 6.21. The van der Waals surface area contributed by atoms with Crippen molar-refractivity contribution in [3.63, 3.8) is 0 Å². The molecular weight excluding hydrogens is 232 g/mol. The normalized spacial score (nSPS) is 12.5. The number of carbonyl (C=O) groups excluding carboxylic acids is 1. The molecule has 0 radical (unpaired) electrons. The van der Waals surface area contributed by atoms with E-state index in [2.05, 4.69) is 10.4 Å². The van der Waals surface area contributed by atoms with Crippen molar-refractivity contribution in [3.8, 4) is 0 Å². The van der Waals surface area contributed by atoms with Gasteiger partial charge in [0.25, 0.3) is 0 Å². The third kappa shape index (κ3) is 3.37. The van der Waals surface area contributed by atoms with Gasteiger partial charge >= 0.3 is 0 Å². The van der Waals surface area contributed by atoms with Crippen LogP contribution in [-0.4, -0.2) is 16.6 Å². The monoisotopic (exact) mass is 246 g/mol. The van der Waals surface area contributed by atoms with Gasteiger partial charge in [-0.15, -0.1) is 11.8 Å². The summed E-state index contributed by atoms with van der Waals surface area (Å²) in [6, 6.07) is 0. The van der Waals surface area contributed by atoms with Crippen molar-refractivity contribution >= 4 is 34.1 Å². The topological polar surface area (TPSA) is 94.0 Å². The van der Waals surface area contributed by atoms with E-state index >= 15 is 0 Å². The summed E-state index contributed by atoms with van der Waals surface area (Å²) in [5, 5.41) is 0.561. The molecule has 5 N–H and O–H groups in total. The van der Waals surface area contributed by atoms with Gasteiger partial charge in [-0.05, 0) is 6.92 Å². The van der Waals surface area contributed by atoms with Gasteiger partial charge in [-0.1, -0.05) is 18.3 Å². The van der Waals surface area contributed by atoms with Gasteiger partial charge in [-0.3, -0.25) is 10.2 Å². The number of hydrogen-bond acceptors (Lipinski definition) is 6. The Morgan fingerprint density at radius 1 is 1.73 bits per heavy atom. The number of thiazole rings is 1. The second kappa shape index (κ2) is 5.34. The molecule has 5 nitrogen and oxygen atoms in total. The van der Waals surface area contributed by atoms with Gasteiger partial charge in [-0.25, -0.2) is 10.8 Å². The predicted octanol–water partition coefficient (Wildman–Crippen LogP) is 0.752. The van der Waals surface area contributed by atoms with Crippen molar-refractivity contribution in [3.05, 3.63) is 5.69 Å². The van der Waals surface area contributed by atoms with Gasteiger partial charge in [0, 0.05) is 11.7 Å². The number of nitrogens with zero attached hydrogens (tertiary/aromatic N) is 1. The van der Waals surface area contributed by atoms with E-state index in [1.807, 2.05) is 13.8 Å². The SMILES string of the molecule is Cc1nc(N)sc1SCC(C)C(=O)NN. The number of aromatic nitrogens is 1. The zero-order chi connectivity index (χ0) is 11.4. The molecule has 0 fully saturated rings. The first-order chi connectivity index (χ1) is 7.04. The number of nitrogens with one attached hydrogen (secondary N) is 1. The Morgan fingerprint density at radius 3 is 2.87 bits per heavy atom. The highest BCUT2D eigenvalue weighted by atomic mass is 32.2. The van der Waals surface area contributed by atoms with Crippen LogP contribution < -0.4 is 17.0 Å². The van der Waals surface area contributed by atoms with E-state index in [9.17, 15) is 4.79 Å². The van der Waals surface area contributed by atoms with Crippen LogP contribution in [0.4, 0.5) is 5.13 Å². The molecular formula is C8H14N4OS2. The highest BCUT2D eigenvalue weighted by molar-refractivity contribution is 8.01. The summed E-state index contributed by atoms with van der Waals surface area (Å²) in [6.45, 7) is 3.73. The number of anilines is 1. The lowest BCUT2D eigenvalue weighted by Crippen LogP contribution is -2.35. The van der Waals surface area contributed by atoms with E-state index in [1.165, 1.54) is 11.3 Å². The maximum Gasteiger partial charge on any atom is 0.237 e. The fourth-order valence-electron chi connectivity index (χ4n) is 0.955. The van der Waals surface area contributed by atoms with E-state index < -0.39 is 0 Å². The second-order valence-electron chi connectivity index (χ2n) is 3.15. The molecule has 1 aromatic heterocycles. The Bertz CT molecular complexity index is 352. The van der Waals surface area contributed by atoms with E-state index in [0.29, 0.717) is 10.9 Å². The van der Waals surface area contributed by atoms with Crippen LogP contribution in [0.15, 0.2) is 4.21 Å². The van der Waals surface area contributed by atoms with Crippen LogP contribution in [0.25, 0.3) is 0 Å². The highest BCUT2D eigenvalue weighted by Gasteiger charge is 2.13. The number of rotatable bonds is 4. The van der Waals surface area contributed by atoms with Crippen molar-refractivity contribution in [1.82, 2.24) is 10.4 Å². The average molecular weight is 246 g/mol. The van der Waals surface area contributed by atoms with Crippen LogP contribution in [0, 0.1) is 12.8 Å². The fraction of sp³-hybridized carbons (Fsp3) is 0.500. The summed E-state index contributed by atoms with van der Waals surface area (Å²) in [7, 11) is 0. The van der Waals surface area contributed by atoms with Crippen molar-refractivity contribution < 1.29 is 4.79 Å². The average Bonchev–Trinajstić information content (AvgIpc) is 2.52. The zero-order valence-corrected chi connectivity index (χ0v) is 10.2. The summed E-state index contributed by atoms with van der Waals surface area (Å²) in [4.78, 5) is 15.2. The molecule has 15 heavy (non-hydrogen) atoms. The molecule has 1 heterocycles. The van der Waals surface area contributed by atoms with Crippen LogP contribution >= 0.6 is 23.1 Å². The summed E-state index contributed by atoms with van der Waals surface area (Å²) >= 11 is 3.02. The number of hydrazine groups is 1. The fourth-order valence-corrected chi connectivity index (χ4v) is 3.02. The lowest BCUT2D eigenvalue weighted by atomic mass is 10.2. The molecule has 1 aromatic rings. The van der Waals surface area contributed by atoms with Gasteiger partial charge in [0.05, 0.1) is 9.90 Å². The smallest absolute Gasteiger partial charge is 0.237 e. The van der Waals surface area contributed by atoms with Gasteiger partial charge in [0.15, 0.2) is 5.13 Å². The molecule has 0 aliphatic heterocycles. The third-order valence-corrected chi connectivity index (χ3v) is 4.43. The number of carbonyl (C=O) groups is 1. The van der Waals surface area contributed by atoms with Crippen molar-refractivity contribution in [1.29, 1.82) is 0 Å². The molecule has 0 aromatic carbocycles.